The molecule has 0 aliphatic carbocycles. The molecular formula is C9H10N2O3. The molecule has 74 valence electrons. The molecule has 0 fully saturated rings. The molecule has 0 amide bonds. The lowest BCUT2D eigenvalue weighted by Crippen LogP contribution is -2.06. The number of nitrogens with zero attached hydrogens (tertiary/aromatic N) is 2. The van der Waals surface area contributed by atoms with Gasteiger partial charge >= 0.3 is 0 Å². The molecule has 0 saturated heterocycles. The third kappa shape index (κ3) is 2.12. The summed E-state index contributed by atoms with van der Waals surface area (Å²) >= 11 is 0. The van der Waals surface area contributed by atoms with E-state index in [1.165, 1.54) is 19.1 Å². The van der Waals surface area contributed by atoms with E-state index in [0.717, 1.165) is 6.20 Å². The molecule has 1 aromatic rings. The van der Waals surface area contributed by atoms with Crippen molar-refractivity contribution in [2.24, 2.45) is 0 Å². The van der Waals surface area contributed by atoms with E-state index in [1.807, 2.05) is 0 Å². The molecule has 1 rings (SSSR count). The molecule has 1 unspecified atom stereocenters. The number of pyridine rings is 1. The fourth-order valence-electron chi connectivity index (χ4n) is 0.970. The van der Waals surface area contributed by atoms with Crippen LogP contribution < -0.4 is 0 Å². The smallest absolute Gasteiger partial charge is 0.287 e. The van der Waals surface area contributed by atoms with Gasteiger partial charge in [0.15, 0.2) is 0 Å². The summed E-state index contributed by atoms with van der Waals surface area (Å²) in [4.78, 5) is 24.6. The Morgan fingerprint density at radius 2 is 2.21 bits per heavy atom. The summed E-state index contributed by atoms with van der Waals surface area (Å²) in [5, 5.41) is 10.3. The van der Waals surface area contributed by atoms with Crippen LogP contribution in [0.5, 0.6) is 0 Å². The van der Waals surface area contributed by atoms with Gasteiger partial charge in [-0.25, -0.2) is 0 Å². The predicted octanol–water partition coefficient (Wildman–Crippen LogP) is 1.68. The molecule has 5 nitrogen and oxygen atoms in total. The van der Waals surface area contributed by atoms with Gasteiger partial charge in [0.2, 0.25) is 0 Å². The summed E-state index contributed by atoms with van der Waals surface area (Å²) in [5.41, 5.74) is 0.493. The topological polar surface area (TPSA) is 73.1 Å². The number of carbonyl (C=O) groups excluding carboxylic acids is 1. The highest BCUT2D eigenvalue weighted by Gasteiger charge is 2.13. The van der Waals surface area contributed by atoms with E-state index >= 15 is 0 Å². The molecule has 0 N–H and O–H groups in total. The number of carbonyl (C=O) groups is 1. The number of rotatable bonds is 3. The summed E-state index contributed by atoms with van der Waals surface area (Å²) < 4.78 is 0. The van der Waals surface area contributed by atoms with Gasteiger partial charge in [0.1, 0.15) is 12.0 Å². The van der Waals surface area contributed by atoms with Crippen LogP contribution in [0.15, 0.2) is 18.3 Å². The summed E-state index contributed by atoms with van der Waals surface area (Å²) in [6.07, 6.45) is 1.16. The highest BCUT2D eigenvalue weighted by atomic mass is 16.6. The summed E-state index contributed by atoms with van der Waals surface area (Å²) in [5.74, 6) is -0.317. The van der Waals surface area contributed by atoms with E-state index in [0.29, 0.717) is 5.69 Å². The van der Waals surface area contributed by atoms with Gasteiger partial charge in [-0.2, -0.15) is 0 Å². The minimum Gasteiger partial charge on any atom is -0.299 e. The Balaban J connectivity index is 2.94. The van der Waals surface area contributed by atoms with Gasteiger partial charge in [-0.15, -0.1) is 0 Å². The van der Waals surface area contributed by atoms with Crippen molar-refractivity contribution in [1.29, 1.82) is 0 Å². The summed E-state index contributed by atoms with van der Waals surface area (Å²) in [6.45, 7) is 3.18. The van der Waals surface area contributed by atoms with Crippen LogP contribution in [-0.2, 0) is 4.79 Å². The molecule has 1 atom stereocenters. The van der Waals surface area contributed by atoms with E-state index in [-0.39, 0.29) is 17.4 Å². The second kappa shape index (κ2) is 3.95. The van der Waals surface area contributed by atoms with E-state index in [4.69, 9.17) is 0 Å². The van der Waals surface area contributed by atoms with Gasteiger partial charge in [-0.05, 0) is 19.9 Å². The van der Waals surface area contributed by atoms with Crippen molar-refractivity contribution in [3.05, 3.63) is 34.1 Å². The molecule has 1 aromatic heterocycles. The average molecular weight is 194 g/mol. The second-order valence-corrected chi connectivity index (χ2v) is 3.03. The first kappa shape index (κ1) is 10.3. The first-order valence-corrected chi connectivity index (χ1v) is 4.13. The van der Waals surface area contributed by atoms with Crippen molar-refractivity contribution in [2.45, 2.75) is 19.8 Å². The highest BCUT2D eigenvalue weighted by Crippen LogP contribution is 2.16. The number of hydrogen-bond donors (Lipinski definition) is 0. The quantitative estimate of drug-likeness (QED) is 0.542. The monoisotopic (exact) mass is 194 g/mol. The Morgan fingerprint density at radius 3 is 2.57 bits per heavy atom. The van der Waals surface area contributed by atoms with Crippen molar-refractivity contribution in [2.75, 3.05) is 0 Å². The van der Waals surface area contributed by atoms with E-state index in [2.05, 4.69) is 4.98 Å². The van der Waals surface area contributed by atoms with E-state index in [9.17, 15) is 14.9 Å². The molecule has 0 aliphatic heterocycles. The van der Waals surface area contributed by atoms with Crippen molar-refractivity contribution < 1.29 is 9.72 Å². The molecular weight excluding hydrogens is 184 g/mol. The molecule has 0 aromatic carbocycles. The summed E-state index contributed by atoms with van der Waals surface area (Å²) in [6, 6.07) is 2.85. The van der Waals surface area contributed by atoms with Crippen LogP contribution in [0.3, 0.4) is 0 Å². The van der Waals surface area contributed by atoms with Crippen LogP contribution in [0.1, 0.15) is 25.5 Å². The van der Waals surface area contributed by atoms with Crippen molar-refractivity contribution in [1.82, 2.24) is 4.98 Å². The van der Waals surface area contributed by atoms with Crippen LogP contribution in [0.4, 0.5) is 5.69 Å². The van der Waals surface area contributed by atoms with Gasteiger partial charge in [-0.1, -0.05) is 0 Å². The van der Waals surface area contributed by atoms with Crippen molar-refractivity contribution >= 4 is 11.5 Å². The fourth-order valence-corrected chi connectivity index (χ4v) is 0.970. The second-order valence-electron chi connectivity index (χ2n) is 3.03. The lowest BCUT2D eigenvalue weighted by molar-refractivity contribution is -0.385. The van der Waals surface area contributed by atoms with E-state index in [1.54, 1.807) is 6.92 Å². The van der Waals surface area contributed by atoms with Crippen molar-refractivity contribution in [3.63, 3.8) is 0 Å². The zero-order valence-corrected chi connectivity index (χ0v) is 7.93. The Kier molecular flexibility index (Phi) is 2.91. The maximum Gasteiger partial charge on any atom is 0.287 e. The third-order valence-electron chi connectivity index (χ3n) is 2.04. The van der Waals surface area contributed by atoms with Gasteiger partial charge < -0.3 is 0 Å². The Hall–Kier alpha value is -1.78. The maximum atomic E-state index is 11.0. The van der Waals surface area contributed by atoms with Crippen LogP contribution in [0, 0.1) is 10.1 Å². The third-order valence-corrected chi connectivity index (χ3v) is 2.04. The standard InChI is InChI=1S/C9H10N2O3/c1-6(7(2)12)9-4-3-8(5-10-9)11(13)14/h3-6H,1-2H3. The number of aromatic nitrogens is 1. The van der Waals surface area contributed by atoms with Gasteiger partial charge in [0.25, 0.3) is 5.69 Å². The molecule has 1 heterocycles. The fraction of sp³-hybridized carbons (Fsp3) is 0.333. The average Bonchev–Trinajstić information content (AvgIpc) is 2.16. The number of Topliss-reactive ketones (excluding diaryl/α,β-unsaturated/α-hetero) is 1. The SMILES string of the molecule is CC(=O)C(C)c1ccc([N+](=O)[O-])cn1. The molecule has 0 bridgehead atoms. The normalized spacial score (nSPS) is 12.1. The van der Waals surface area contributed by atoms with Crippen LogP contribution in [0.2, 0.25) is 0 Å². The lowest BCUT2D eigenvalue weighted by atomic mass is 10.0. The summed E-state index contributed by atoms with van der Waals surface area (Å²) in [7, 11) is 0. The van der Waals surface area contributed by atoms with Gasteiger partial charge in [0, 0.05) is 6.07 Å². The molecule has 0 spiro atoms. The number of hydrogen-bond acceptors (Lipinski definition) is 4. The lowest BCUT2D eigenvalue weighted by Gasteiger charge is -2.05. The largest absolute Gasteiger partial charge is 0.299 e. The van der Waals surface area contributed by atoms with Gasteiger partial charge in [-0.3, -0.25) is 19.9 Å². The maximum absolute atomic E-state index is 11.0. The Bertz CT molecular complexity index is 359. The number of ketones is 1. The minimum absolute atomic E-state index is 0.00801. The van der Waals surface area contributed by atoms with Crippen molar-refractivity contribution in [3.8, 4) is 0 Å². The minimum atomic E-state index is -0.519. The zero-order valence-electron chi connectivity index (χ0n) is 7.93. The predicted molar refractivity (Wildman–Crippen MR) is 50.0 cm³/mol. The molecule has 14 heavy (non-hydrogen) atoms. The highest BCUT2D eigenvalue weighted by molar-refractivity contribution is 5.82. The number of nitro groups is 1. The van der Waals surface area contributed by atoms with Crippen LogP contribution in [-0.4, -0.2) is 15.7 Å². The first-order valence-electron chi connectivity index (χ1n) is 4.13. The van der Waals surface area contributed by atoms with E-state index < -0.39 is 4.92 Å². The Labute approximate surface area is 80.9 Å². The molecule has 0 radical (unpaired) electrons. The van der Waals surface area contributed by atoms with Crippen LogP contribution >= 0.6 is 0 Å². The first-order chi connectivity index (χ1) is 6.52. The molecule has 5 heteroatoms. The molecule has 0 aliphatic rings. The Morgan fingerprint density at radius 1 is 1.57 bits per heavy atom. The molecule has 0 saturated carbocycles. The van der Waals surface area contributed by atoms with Gasteiger partial charge in [0.05, 0.1) is 16.5 Å². The van der Waals surface area contributed by atoms with Crippen LogP contribution in [0.25, 0.3) is 0 Å². The zero-order chi connectivity index (χ0) is 10.7.